The van der Waals surface area contributed by atoms with Crippen LogP contribution in [0.1, 0.15) is 0 Å². The van der Waals surface area contributed by atoms with Gasteiger partial charge in [0.2, 0.25) is 6.16 Å². The third kappa shape index (κ3) is 7810. The van der Waals surface area contributed by atoms with Gasteiger partial charge >= 0.3 is 61.2 Å². The van der Waals surface area contributed by atoms with Gasteiger partial charge in [-0.05, 0) is 12.3 Å². The first kappa shape index (κ1) is 50.7. The smallest absolute Gasteiger partial charge is 0.652 e. The fraction of sp³-hybridized carbons (Fsp3) is 0. The van der Waals surface area contributed by atoms with Gasteiger partial charge < -0.3 is 55.2 Å². The molecule has 0 radical (unpaired) electrons. The van der Waals surface area contributed by atoms with Crippen molar-refractivity contribution < 1.29 is 97.8 Å². The average molecular weight is 318 g/mol. The maximum Gasteiger partial charge on any atom is 3.00 e. The summed E-state index contributed by atoms with van der Waals surface area (Å²) in [6.45, 7) is 0. The van der Waals surface area contributed by atoms with E-state index in [0.29, 0.717) is 0 Å². The molecule has 104 valence electrons. The summed E-state index contributed by atoms with van der Waals surface area (Å²) in [5.74, 6) is 0. The van der Waals surface area contributed by atoms with E-state index in [1.54, 1.807) is 0 Å². The minimum Gasteiger partial charge on any atom is -0.652 e. The molecular formula is C4H6AlLi2O12P. The molecule has 0 aliphatic carbocycles. The third-order valence-electron chi connectivity index (χ3n) is 0. The summed E-state index contributed by atoms with van der Waals surface area (Å²) in [5.41, 5.74) is 0. The first-order chi connectivity index (χ1) is 6.93. The van der Waals surface area contributed by atoms with Gasteiger partial charge in [0.15, 0.2) is 0 Å². The Kier molecular flexibility index (Phi) is 109. The van der Waals surface area contributed by atoms with Crippen LogP contribution in [0.2, 0.25) is 0 Å². The monoisotopic (exact) mass is 318 g/mol. The number of carboxylic acid groups (broad SMARTS) is 8. The summed E-state index contributed by atoms with van der Waals surface area (Å²) in [5, 5.41) is 62.6. The molecule has 1 unspecified atom stereocenters. The molecule has 0 aliphatic heterocycles. The molecule has 0 amide bonds. The fourth-order valence-electron chi connectivity index (χ4n) is 0. The Morgan fingerprint density at radius 3 is 0.650 bits per heavy atom. The quantitative estimate of drug-likeness (QED) is 0.278. The zero-order valence-corrected chi connectivity index (χ0v) is 12.9. The maximum absolute atomic E-state index is 8.56. The van der Waals surface area contributed by atoms with Crippen LogP contribution in [-0.4, -0.2) is 57.3 Å². The molecule has 0 aromatic carbocycles. The van der Waals surface area contributed by atoms with Crippen molar-refractivity contribution in [1.82, 2.24) is 0 Å². The molecule has 20 heavy (non-hydrogen) atoms. The van der Waals surface area contributed by atoms with Gasteiger partial charge in [-0.1, -0.05) is 0 Å². The SMILES string of the molecule is O=C(O)O.O=C([O-])O.O=C([O-])[O-].O=C([O-])[O-].P.[Al+3].[Li+].[Li+]. The molecule has 0 spiro atoms. The summed E-state index contributed by atoms with van der Waals surface area (Å²) in [4.78, 5) is 33.7. The summed E-state index contributed by atoms with van der Waals surface area (Å²) < 4.78 is 0. The zero-order valence-electron chi connectivity index (χ0n) is 10.3. The molecule has 12 nitrogen and oxygen atoms in total. The summed E-state index contributed by atoms with van der Waals surface area (Å²) >= 11 is 0. The van der Waals surface area contributed by atoms with Crippen molar-refractivity contribution in [2.45, 2.75) is 0 Å². The van der Waals surface area contributed by atoms with Crippen LogP contribution in [0.15, 0.2) is 0 Å². The average Bonchev–Trinajstić information content (AvgIpc) is 1.76. The van der Waals surface area contributed by atoms with Gasteiger partial charge in [-0.25, -0.2) is 4.79 Å². The first-order valence-electron chi connectivity index (χ1n) is 2.51. The van der Waals surface area contributed by atoms with Crippen LogP contribution in [0.3, 0.4) is 0 Å². The number of carbonyl (C=O) groups is 4. The Morgan fingerprint density at radius 1 is 0.650 bits per heavy atom. The zero-order chi connectivity index (χ0) is 14.3. The van der Waals surface area contributed by atoms with Crippen LogP contribution in [-0.2, 0) is 0 Å². The minimum atomic E-state index is -2.33. The van der Waals surface area contributed by atoms with Gasteiger partial charge in [-0.3, -0.25) is 0 Å². The topological polar surface area (TPSA) is 244 Å². The summed E-state index contributed by atoms with van der Waals surface area (Å²) in [7, 11) is 0. The van der Waals surface area contributed by atoms with Crippen LogP contribution in [0.25, 0.3) is 0 Å². The molecule has 0 aliphatic rings. The number of rotatable bonds is 0. The number of hydrogen-bond acceptors (Lipinski definition) is 9. The second kappa shape index (κ2) is 42.9. The van der Waals surface area contributed by atoms with Gasteiger partial charge in [-0.2, -0.15) is 9.90 Å². The standard InChI is InChI=1S/4CH2O3.Al.2Li.H3P/c4*2-1(3)4;;;;/h4*(H2,2,3,4);;;;1H3/q;;;;+3;2*+1;/p-5. The van der Waals surface area contributed by atoms with Crippen LogP contribution < -0.4 is 63.3 Å². The van der Waals surface area contributed by atoms with Gasteiger partial charge in [-0.15, -0.1) is 0 Å². The molecule has 0 saturated heterocycles. The van der Waals surface area contributed by atoms with Crippen LogP contribution in [0.5, 0.6) is 0 Å². The van der Waals surface area contributed by atoms with E-state index >= 15 is 0 Å². The van der Waals surface area contributed by atoms with E-state index in [9.17, 15) is 0 Å². The van der Waals surface area contributed by atoms with Crippen LogP contribution in [0.4, 0.5) is 19.2 Å². The normalized spacial score (nSPS) is 4.80. The molecule has 0 heterocycles. The van der Waals surface area contributed by atoms with E-state index in [4.69, 9.17) is 60.0 Å². The molecule has 0 aromatic heterocycles. The largest absolute Gasteiger partial charge is 3.00 e. The van der Waals surface area contributed by atoms with Crippen molar-refractivity contribution >= 4 is 51.9 Å². The van der Waals surface area contributed by atoms with Gasteiger partial charge in [0, 0.05) is 0 Å². The van der Waals surface area contributed by atoms with E-state index < -0.39 is 24.6 Å². The Bertz CT molecular complexity index is 173. The van der Waals surface area contributed by atoms with E-state index in [-0.39, 0.29) is 65.0 Å². The van der Waals surface area contributed by atoms with Crippen molar-refractivity contribution in [3.05, 3.63) is 0 Å². The minimum absolute atomic E-state index is 0. The van der Waals surface area contributed by atoms with Crippen molar-refractivity contribution in [2.75, 3.05) is 0 Å². The second-order valence-corrected chi connectivity index (χ2v) is 1.05. The van der Waals surface area contributed by atoms with Crippen molar-refractivity contribution in [1.29, 1.82) is 0 Å². The van der Waals surface area contributed by atoms with Crippen molar-refractivity contribution in [2.24, 2.45) is 0 Å². The molecule has 0 rings (SSSR count). The Balaban J connectivity index is -0.0000000150. The van der Waals surface area contributed by atoms with Gasteiger partial charge in [0.25, 0.3) is 0 Å². The van der Waals surface area contributed by atoms with Gasteiger partial charge in [0.05, 0.1) is 0 Å². The Labute approximate surface area is 149 Å². The predicted octanol–water partition coefficient (Wildman–Crippen LogP) is -12.1. The predicted molar refractivity (Wildman–Crippen MR) is 46.3 cm³/mol. The Morgan fingerprint density at radius 2 is 0.650 bits per heavy atom. The molecule has 0 saturated carbocycles. The second-order valence-electron chi connectivity index (χ2n) is 1.05. The third-order valence-corrected chi connectivity index (χ3v) is 0. The maximum atomic E-state index is 8.56. The Hall–Kier alpha value is -0.763. The van der Waals surface area contributed by atoms with E-state index in [1.807, 2.05) is 0 Å². The van der Waals surface area contributed by atoms with Crippen molar-refractivity contribution in [3.63, 3.8) is 0 Å². The summed E-state index contributed by atoms with van der Waals surface area (Å²) in [6, 6.07) is 0. The fourth-order valence-corrected chi connectivity index (χ4v) is 0. The molecule has 1 atom stereocenters. The molecule has 0 bridgehead atoms. The van der Waals surface area contributed by atoms with E-state index in [2.05, 4.69) is 0 Å². The van der Waals surface area contributed by atoms with Crippen LogP contribution >= 0.6 is 9.90 Å². The van der Waals surface area contributed by atoms with E-state index in [1.165, 1.54) is 0 Å². The van der Waals surface area contributed by atoms with Crippen molar-refractivity contribution in [3.8, 4) is 0 Å². The molecule has 16 heteroatoms. The van der Waals surface area contributed by atoms with Crippen LogP contribution in [0, 0.1) is 0 Å². The molecule has 0 aromatic rings. The number of hydrogen-bond donors (Lipinski definition) is 3. The summed E-state index contributed by atoms with van der Waals surface area (Å²) in [6.07, 6.45) is -8.58. The van der Waals surface area contributed by atoms with E-state index in [0.717, 1.165) is 0 Å². The molecule has 0 fully saturated rings. The molecule has 3 N–H and O–H groups in total. The molecular weight excluding hydrogens is 312 g/mol. The number of carbonyl (C=O) groups excluding carboxylic acids is 2. The first-order valence-corrected chi connectivity index (χ1v) is 2.51. The van der Waals surface area contributed by atoms with Gasteiger partial charge in [0.1, 0.15) is 0 Å².